The molecule has 0 unspecified atom stereocenters. The molecular formula is C8H13N3O. The molecular weight excluding hydrogens is 154 g/mol. The van der Waals surface area contributed by atoms with Gasteiger partial charge in [0.25, 0.3) is 0 Å². The number of aliphatic hydroxyl groups is 1. The summed E-state index contributed by atoms with van der Waals surface area (Å²) in [4.78, 5) is 0. The average Bonchev–Trinajstić information content (AvgIpc) is 2.15. The van der Waals surface area contributed by atoms with Gasteiger partial charge in [0.05, 0.1) is 12.8 Å². The number of nitrogens with one attached hydrogen (secondary N) is 1. The van der Waals surface area contributed by atoms with Gasteiger partial charge in [-0.1, -0.05) is 6.92 Å². The summed E-state index contributed by atoms with van der Waals surface area (Å²) < 4.78 is 0. The van der Waals surface area contributed by atoms with Crippen LogP contribution in [-0.4, -0.2) is 28.5 Å². The van der Waals surface area contributed by atoms with Crippen LogP contribution in [0.5, 0.6) is 0 Å². The second kappa shape index (κ2) is 4.66. The molecule has 0 atom stereocenters. The van der Waals surface area contributed by atoms with Gasteiger partial charge in [0.15, 0.2) is 0 Å². The fraction of sp³-hybridized carbons (Fsp3) is 0.500. The highest BCUT2D eigenvalue weighted by molar-refractivity contribution is 5.35. The molecule has 0 fully saturated rings. The van der Waals surface area contributed by atoms with E-state index in [4.69, 9.17) is 5.11 Å². The van der Waals surface area contributed by atoms with Crippen LogP contribution in [0.3, 0.4) is 0 Å². The third-order valence-electron chi connectivity index (χ3n) is 1.54. The van der Waals surface area contributed by atoms with E-state index < -0.39 is 0 Å². The highest BCUT2D eigenvalue weighted by Gasteiger charge is 1.94. The Morgan fingerprint density at radius 3 is 3.08 bits per heavy atom. The third-order valence-corrected chi connectivity index (χ3v) is 1.54. The van der Waals surface area contributed by atoms with E-state index in [0.717, 1.165) is 17.8 Å². The average molecular weight is 167 g/mol. The molecule has 0 saturated heterocycles. The van der Waals surface area contributed by atoms with E-state index in [1.54, 1.807) is 6.20 Å². The van der Waals surface area contributed by atoms with E-state index in [1.807, 2.05) is 6.07 Å². The zero-order chi connectivity index (χ0) is 8.81. The van der Waals surface area contributed by atoms with E-state index in [0.29, 0.717) is 6.54 Å². The summed E-state index contributed by atoms with van der Waals surface area (Å²) in [5, 5.41) is 19.2. The number of anilines is 1. The van der Waals surface area contributed by atoms with Crippen molar-refractivity contribution in [2.45, 2.75) is 13.3 Å². The van der Waals surface area contributed by atoms with Crippen molar-refractivity contribution in [1.82, 2.24) is 10.2 Å². The first-order chi connectivity index (χ1) is 5.86. The molecule has 1 heterocycles. The lowest BCUT2D eigenvalue weighted by Crippen LogP contribution is -2.07. The van der Waals surface area contributed by atoms with Crippen LogP contribution in [0.4, 0.5) is 5.82 Å². The Kier molecular flexibility index (Phi) is 3.47. The number of rotatable bonds is 4. The van der Waals surface area contributed by atoms with Crippen LogP contribution >= 0.6 is 0 Å². The molecule has 2 N–H and O–H groups in total. The van der Waals surface area contributed by atoms with Crippen LogP contribution in [0.25, 0.3) is 0 Å². The first-order valence-electron chi connectivity index (χ1n) is 4.03. The summed E-state index contributed by atoms with van der Waals surface area (Å²) in [7, 11) is 0. The van der Waals surface area contributed by atoms with Gasteiger partial charge >= 0.3 is 0 Å². The van der Waals surface area contributed by atoms with Gasteiger partial charge in [-0.3, -0.25) is 0 Å². The summed E-state index contributed by atoms with van der Waals surface area (Å²) in [6.07, 6.45) is 2.69. The van der Waals surface area contributed by atoms with Crippen molar-refractivity contribution in [3.63, 3.8) is 0 Å². The lowest BCUT2D eigenvalue weighted by molar-refractivity contribution is 0.311. The SMILES string of the molecule is CCc1cnnc(NCCO)c1. The van der Waals surface area contributed by atoms with E-state index in [-0.39, 0.29) is 6.61 Å². The molecule has 1 aromatic rings. The molecule has 66 valence electrons. The Hall–Kier alpha value is -1.16. The van der Waals surface area contributed by atoms with E-state index in [9.17, 15) is 0 Å². The fourth-order valence-corrected chi connectivity index (χ4v) is 0.871. The Balaban J connectivity index is 2.60. The summed E-state index contributed by atoms with van der Waals surface area (Å²) in [5.41, 5.74) is 1.14. The van der Waals surface area contributed by atoms with Crippen LogP contribution in [0.15, 0.2) is 12.3 Å². The van der Waals surface area contributed by atoms with Crippen LogP contribution < -0.4 is 5.32 Å². The van der Waals surface area contributed by atoms with Crippen molar-refractivity contribution in [1.29, 1.82) is 0 Å². The molecule has 0 radical (unpaired) electrons. The van der Waals surface area contributed by atoms with E-state index in [2.05, 4.69) is 22.4 Å². The molecule has 0 saturated carbocycles. The van der Waals surface area contributed by atoms with Crippen molar-refractivity contribution < 1.29 is 5.11 Å². The maximum absolute atomic E-state index is 8.54. The molecule has 0 aliphatic rings. The smallest absolute Gasteiger partial charge is 0.148 e. The van der Waals surface area contributed by atoms with Gasteiger partial charge in [0, 0.05) is 6.54 Å². The van der Waals surface area contributed by atoms with Crippen molar-refractivity contribution in [3.05, 3.63) is 17.8 Å². The lowest BCUT2D eigenvalue weighted by atomic mass is 10.2. The minimum absolute atomic E-state index is 0.109. The molecule has 0 aliphatic heterocycles. The first-order valence-corrected chi connectivity index (χ1v) is 4.03. The second-order valence-corrected chi connectivity index (χ2v) is 2.45. The Morgan fingerprint density at radius 2 is 2.42 bits per heavy atom. The maximum atomic E-state index is 8.54. The Morgan fingerprint density at radius 1 is 1.58 bits per heavy atom. The summed E-state index contributed by atoms with van der Waals surface area (Å²) in [5.74, 6) is 0.725. The lowest BCUT2D eigenvalue weighted by Gasteiger charge is -2.02. The van der Waals surface area contributed by atoms with E-state index >= 15 is 0 Å². The zero-order valence-electron chi connectivity index (χ0n) is 7.12. The molecule has 12 heavy (non-hydrogen) atoms. The zero-order valence-corrected chi connectivity index (χ0v) is 7.12. The van der Waals surface area contributed by atoms with Gasteiger partial charge in [-0.05, 0) is 18.1 Å². The van der Waals surface area contributed by atoms with Gasteiger partial charge < -0.3 is 10.4 Å². The predicted molar refractivity (Wildman–Crippen MR) is 47.0 cm³/mol. The van der Waals surface area contributed by atoms with Crippen LogP contribution in [-0.2, 0) is 6.42 Å². The largest absolute Gasteiger partial charge is 0.395 e. The first kappa shape index (κ1) is 8.93. The summed E-state index contributed by atoms with van der Waals surface area (Å²) >= 11 is 0. The molecule has 1 aromatic heterocycles. The number of aryl methyl sites for hydroxylation is 1. The van der Waals surface area contributed by atoms with Gasteiger partial charge in [0.1, 0.15) is 5.82 Å². The van der Waals surface area contributed by atoms with Gasteiger partial charge in [-0.25, -0.2) is 0 Å². The minimum Gasteiger partial charge on any atom is -0.395 e. The van der Waals surface area contributed by atoms with Crippen molar-refractivity contribution >= 4 is 5.82 Å². The van der Waals surface area contributed by atoms with Crippen molar-refractivity contribution in [2.75, 3.05) is 18.5 Å². The molecule has 0 spiro atoms. The van der Waals surface area contributed by atoms with Crippen LogP contribution in [0.1, 0.15) is 12.5 Å². The highest BCUT2D eigenvalue weighted by atomic mass is 16.3. The fourth-order valence-electron chi connectivity index (χ4n) is 0.871. The Bertz CT molecular complexity index is 239. The number of nitrogens with zero attached hydrogens (tertiary/aromatic N) is 2. The molecule has 0 amide bonds. The number of aliphatic hydroxyl groups excluding tert-OH is 1. The van der Waals surface area contributed by atoms with Crippen LogP contribution in [0.2, 0.25) is 0 Å². The predicted octanol–water partition coefficient (Wildman–Crippen LogP) is 0.443. The van der Waals surface area contributed by atoms with Gasteiger partial charge in [-0.15, -0.1) is 5.10 Å². The quantitative estimate of drug-likeness (QED) is 0.683. The molecule has 0 bridgehead atoms. The highest BCUT2D eigenvalue weighted by Crippen LogP contribution is 2.04. The Labute approximate surface area is 71.6 Å². The molecule has 4 nitrogen and oxygen atoms in total. The van der Waals surface area contributed by atoms with Gasteiger partial charge in [0.2, 0.25) is 0 Å². The normalized spacial score (nSPS) is 9.83. The molecule has 1 rings (SSSR count). The number of hydrogen-bond donors (Lipinski definition) is 2. The molecule has 0 aliphatic carbocycles. The minimum atomic E-state index is 0.109. The maximum Gasteiger partial charge on any atom is 0.148 e. The van der Waals surface area contributed by atoms with Gasteiger partial charge in [-0.2, -0.15) is 5.10 Å². The van der Waals surface area contributed by atoms with Crippen LogP contribution in [0, 0.1) is 0 Å². The summed E-state index contributed by atoms with van der Waals surface area (Å²) in [6.45, 7) is 2.69. The van der Waals surface area contributed by atoms with E-state index in [1.165, 1.54) is 0 Å². The standard InChI is InChI=1S/C8H13N3O/c1-2-7-5-8(9-3-4-12)11-10-6-7/h5-6,12H,2-4H2,1H3,(H,9,11). The monoisotopic (exact) mass is 167 g/mol. The summed E-state index contributed by atoms with van der Waals surface area (Å²) in [6, 6.07) is 1.93. The number of hydrogen-bond acceptors (Lipinski definition) is 4. The second-order valence-electron chi connectivity index (χ2n) is 2.45. The van der Waals surface area contributed by atoms with Crippen molar-refractivity contribution in [3.8, 4) is 0 Å². The third kappa shape index (κ3) is 2.47. The number of aromatic nitrogens is 2. The molecule has 0 aromatic carbocycles. The topological polar surface area (TPSA) is 58.0 Å². The molecule has 4 heteroatoms. The van der Waals surface area contributed by atoms with Crippen molar-refractivity contribution in [2.24, 2.45) is 0 Å².